The molecule has 0 amide bonds. The smallest absolute Gasteiger partial charge is 0.214 e. The molecule has 0 aromatic carbocycles. The Labute approximate surface area is 107 Å². The third-order valence-corrected chi connectivity index (χ3v) is 4.17. The Morgan fingerprint density at radius 2 is 1.81 bits per heavy atom. The monoisotopic (exact) mass is 315 g/mol. The first-order chi connectivity index (χ1) is 7.28. The van der Waals surface area contributed by atoms with E-state index in [1.165, 1.54) is 0 Å². The molecule has 0 aromatic rings. The Morgan fingerprint density at radius 3 is 2.19 bits per heavy atom. The number of sulfonamides is 1. The van der Waals surface area contributed by atoms with E-state index in [4.69, 9.17) is 4.74 Å². The van der Waals surface area contributed by atoms with Gasteiger partial charge in [0, 0.05) is 11.4 Å². The van der Waals surface area contributed by atoms with Gasteiger partial charge in [-0.2, -0.15) is 0 Å². The first-order valence-corrected chi connectivity index (χ1v) is 8.23. The van der Waals surface area contributed by atoms with Crippen LogP contribution in [-0.4, -0.2) is 38.3 Å². The van der Waals surface area contributed by atoms with Crippen LogP contribution in [0.5, 0.6) is 0 Å². The normalized spacial score (nSPS) is 14.7. The third-order valence-electron chi connectivity index (χ3n) is 2.11. The second kappa shape index (κ2) is 7.63. The third kappa shape index (κ3) is 7.60. The molecule has 16 heavy (non-hydrogen) atoms. The highest BCUT2D eigenvalue weighted by molar-refractivity contribution is 9.09. The molecule has 0 saturated carbocycles. The molecule has 0 heterocycles. The van der Waals surface area contributed by atoms with E-state index >= 15 is 0 Å². The molecule has 4 nitrogen and oxygen atoms in total. The summed E-state index contributed by atoms with van der Waals surface area (Å²) in [4.78, 5) is 0. The summed E-state index contributed by atoms with van der Waals surface area (Å²) >= 11 is 3.30. The van der Waals surface area contributed by atoms with Crippen LogP contribution in [-0.2, 0) is 14.8 Å². The highest BCUT2D eigenvalue weighted by atomic mass is 79.9. The van der Waals surface area contributed by atoms with Gasteiger partial charge in [-0.15, -0.1) is 0 Å². The van der Waals surface area contributed by atoms with Crippen LogP contribution in [0.25, 0.3) is 0 Å². The van der Waals surface area contributed by atoms with Crippen LogP contribution < -0.4 is 4.72 Å². The lowest BCUT2D eigenvalue weighted by atomic mass is 10.1. The first-order valence-electron chi connectivity index (χ1n) is 5.46. The van der Waals surface area contributed by atoms with Crippen molar-refractivity contribution < 1.29 is 13.2 Å². The quantitative estimate of drug-likeness (QED) is 0.694. The number of halogens is 1. The molecule has 0 bridgehead atoms. The van der Waals surface area contributed by atoms with Crippen molar-refractivity contribution in [3.8, 4) is 0 Å². The molecule has 0 spiro atoms. The van der Waals surface area contributed by atoms with Gasteiger partial charge >= 0.3 is 0 Å². The fourth-order valence-corrected chi connectivity index (χ4v) is 3.40. The van der Waals surface area contributed by atoms with E-state index in [1.807, 2.05) is 27.7 Å². The molecule has 1 N–H and O–H groups in total. The van der Waals surface area contributed by atoms with E-state index in [0.717, 1.165) is 0 Å². The number of hydrogen-bond donors (Lipinski definition) is 1. The predicted octanol–water partition coefficient (Wildman–Crippen LogP) is 1.75. The second-order valence-corrected chi connectivity index (χ2v) is 6.88. The average Bonchev–Trinajstić information content (AvgIpc) is 2.12. The van der Waals surface area contributed by atoms with Crippen LogP contribution in [0.3, 0.4) is 0 Å². The van der Waals surface area contributed by atoms with E-state index in [0.29, 0.717) is 5.33 Å². The van der Waals surface area contributed by atoms with Crippen molar-refractivity contribution >= 4 is 26.0 Å². The summed E-state index contributed by atoms with van der Waals surface area (Å²) in [7, 11) is -3.24. The molecule has 0 radical (unpaired) electrons. The number of ether oxygens (including phenoxy) is 1. The van der Waals surface area contributed by atoms with Gasteiger partial charge in [-0.05, 0) is 19.8 Å². The van der Waals surface area contributed by atoms with Gasteiger partial charge in [0.05, 0.1) is 18.5 Å². The van der Waals surface area contributed by atoms with Crippen molar-refractivity contribution in [2.75, 3.05) is 17.7 Å². The molecule has 98 valence electrons. The number of nitrogens with one attached hydrogen (secondary N) is 1. The van der Waals surface area contributed by atoms with Crippen LogP contribution in [0.4, 0.5) is 0 Å². The summed E-state index contributed by atoms with van der Waals surface area (Å²) < 4.78 is 31.2. The summed E-state index contributed by atoms with van der Waals surface area (Å²) in [5, 5.41) is 0.620. The average molecular weight is 316 g/mol. The van der Waals surface area contributed by atoms with E-state index in [1.54, 1.807) is 0 Å². The van der Waals surface area contributed by atoms with Gasteiger partial charge in [0.2, 0.25) is 10.0 Å². The number of alkyl halides is 1. The van der Waals surface area contributed by atoms with E-state index in [9.17, 15) is 8.42 Å². The summed E-state index contributed by atoms with van der Waals surface area (Å²) in [5.74, 6) is 0.279. The van der Waals surface area contributed by atoms with Gasteiger partial charge in [0.1, 0.15) is 0 Å². The fourth-order valence-electron chi connectivity index (χ4n) is 1.03. The van der Waals surface area contributed by atoms with E-state index in [-0.39, 0.29) is 30.4 Å². The van der Waals surface area contributed by atoms with Crippen molar-refractivity contribution in [3.05, 3.63) is 0 Å². The minimum absolute atomic E-state index is 0.0153. The minimum Gasteiger partial charge on any atom is -0.378 e. The van der Waals surface area contributed by atoms with Crippen LogP contribution >= 0.6 is 15.9 Å². The second-order valence-electron chi connectivity index (χ2n) is 4.36. The maximum atomic E-state index is 11.7. The van der Waals surface area contributed by atoms with Gasteiger partial charge in [-0.1, -0.05) is 29.8 Å². The Balaban J connectivity index is 4.13. The van der Waals surface area contributed by atoms with Gasteiger partial charge in [0.25, 0.3) is 0 Å². The number of rotatable bonds is 8. The summed E-state index contributed by atoms with van der Waals surface area (Å²) in [6.07, 6.45) is 0.0623. The zero-order valence-electron chi connectivity index (χ0n) is 10.4. The molecule has 0 saturated heterocycles. The summed E-state index contributed by atoms with van der Waals surface area (Å²) in [5.41, 5.74) is 0. The molecule has 1 unspecified atom stereocenters. The first kappa shape index (κ1) is 16.4. The molecule has 0 aliphatic carbocycles. The Bertz CT molecular complexity index is 278. The van der Waals surface area contributed by atoms with Crippen molar-refractivity contribution in [1.82, 2.24) is 4.72 Å². The zero-order chi connectivity index (χ0) is 12.8. The number of hydrogen-bond acceptors (Lipinski definition) is 3. The minimum atomic E-state index is -3.24. The topological polar surface area (TPSA) is 55.4 Å². The molecular formula is C10H22BrNO3S. The molecule has 0 aromatic heterocycles. The maximum absolute atomic E-state index is 11.7. The van der Waals surface area contributed by atoms with E-state index < -0.39 is 10.0 Å². The summed E-state index contributed by atoms with van der Waals surface area (Å²) in [6, 6.07) is -0.0657. The standard InChI is InChI=1S/C10H22BrNO3S/c1-8(2)10(7-11)12-16(13,14)6-5-15-9(3)4/h8-10,12H,5-7H2,1-4H3. The molecule has 0 aliphatic rings. The highest BCUT2D eigenvalue weighted by Gasteiger charge is 2.19. The molecule has 6 heteroatoms. The van der Waals surface area contributed by atoms with Gasteiger partial charge in [-0.3, -0.25) is 0 Å². The highest BCUT2D eigenvalue weighted by Crippen LogP contribution is 2.06. The van der Waals surface area contributed by atoms with Crippen LogP contribution in [0.2, 0.25) is 0 Å². The predicted molar refractivity (Wildman–Crippen MR) is 70.4 cm³/mol. The Morgan fingerprint density at radius 1 is 1.25 bits per heavy atom. The Hall–Kier alpha value is 0.350. The van der Waals surface area contributed by atoms with Gasteiger partial charge < -0.3 is 4.74 Å². The molecule has 0 aliphatic heterocycles. The lowest BCUT2D eigenvalue weighted by Gasteiger charge is -2.20. The summed E-state index contributed by atoms with van der Waals surface area (Å²) in [6.45, 7) is 7.98. The van der Waals surface area contributed by atoms with Crippen molar-refractivity contribution in [2.24, 2.45) is 5.92 Å². The lowest BCUT2D eigenvalue weighted by molar-refractivity contribution is 0.0911. The van der Waals surface area contributed by atoms with Crippen LogP contribution in [0, 0.1) is 5.92 Å². The molecule has 0 rings (SSSR count). The van der Waals surface area contributed by atoms with Crippen molar-refractivity contribution in [2.45, 2.75) is 39.8 Å². The van der Waals surface area contributed by atoms with Crippen molar-refractivity contribution in [3.63, 3.8) is 0 Å². The lowest BCUT2D eigenvalue weighted by Crippen LogP contribution is -2.41. The molecule has 0 fully saturated rings. The zero-order valence-corrected chi connectivity index (χ0v) is 12.8. The Kier molecular flexibility index (Phi) is 7.80. The fraction of sp³-hybridized carbons (Fsp3) is 1.00. The SMILES string of the molecule is CC(C)OCCS(=O)(=O)NC(CBr)C(C)C. The van der Waals surface area contributed by atoms with E-state index in [2.05, 4.69) is 20.7 Å². The van der Waals surface area contributed by atoms with Crippen LogP contribution in [0.1, 0.15) is 27.7 Å². The molecule has 1 atom stereocenters. The van der Waals surface area contributed by atoms with Gasteiger partial charge in [-0.25, -0.2) is 13.1 Å². The molecular weight excluding hydrogens is 294 g/mol. The maximum Gasteiger partial charge on any atom is 0.214 e. The van der Waals surface area contributed by atoms with Crippen LogP contribution in [0.15, 0.2) is 0 Å². The van der Waals surface area contributed by atoms with Crippen molar-refractivity contribution in [1.29, 1.82) is 0 Å². The van der Waals surface area contributed by atoms with Gasteiger partial charge in [0.15, 0.2) is 0 Å². The largest absolute Gasteiger partial charge is 0.378 e.